The van der Waals surface area contributed by atoms with Crippen LogP contribution >= 0.6 is 0 Å². The Kier molecular flexibility index (Phi) is 7.07. The maximum atomic E-state index is 15.3. The molecule has 0 radical (unpaired) electrons. The zero-order valence-corrected chi connectivity index (χ0v) is 19.5. The number of primary amides is 1. The van der Waals surface area contributed by atoms with Crippen LogP contribution in [0.3, 0.4) is 0 Å². The standard InChI is InChI=1S/C23H15F8N3O6/c1-9-8-33-11(20(32)35)7-10(9)34-21(36)16-12(3-4-13(17(16)24)39-22(26,27)28)38-15-6-5-14(40-23(29,30)31)18(25)19(15)37-2/h3-8H,1-2H3,(H2,32,35)(H,33,34,36)/i2D3. The average molecular weight is 584 g/mol. The molecule has 0 saturated heterocycles. The van der Waals surface area contributed by atoms with E-state index < -0.39 is 77.5 Å². The molecular weight excluding hydrogens is 566 g/mol. The number of pyridine rings is 1. The van der Waals surface area contributed by atoms with Crippen LogP contribution < -0.4 is 30.0 Å². The molecule has 0 bridgehead atoms. The maximum Gasteiger partial charge on any atom is 0.573 e. The smallest absolute Gasteiger partial charge is 0.490 e. The Hall–Kier alpha value is -4.83. The molecule has 0 atom stereocenters. The van der Waals surface area contributed by atoms with Gasteiger partial charge in [-0.05, 0) is 42.8 Å². The molecular formula is C23H15F8N3O6. The second-order valence-corrected chi connectivity index (χ2v) is 7.46. The van der Waals surface area contributed by atoms with E-state index in [1.54, 1.807) is 0 Å². The van der Waals surface area contributed by atoms with E-state index in [0.29, 0.717) is 24.3 Å². The molecule has 2 aromatic carbocycles. The molecule has 2 amide bonds. The molecule has 0 aliphatic carbocycles. The van der Waals surface area contributed by atoms with Crippen molar-refractivity contribution in [3.63, 3.8) is 0 Å². The molecule has 40 heavy (non-hydrogen) atoms. The summed E-state index contributed by atoms with van der Waals surface area (Å²) in [7, 11) is -3.51. The minimum atomic E-state index is -5.45. The van der Waals surface area contributed by atoms with Gasteiger partial charge >= 0.3 is 12.7 Å². The van der Waals surface area contributed by atoms with Gasteiger partial charge in [-0.3, -0.25) is 14.6 Å². The summed E-state index contributed by atoms with van der Waals surface area (Å²) in [5.74, 6) is -13.4. The predicted octanol–water partition coefficient (Wildman–Crippen LogP) is 5.62. The Morgan fingerprint density at radius 2 is 1.48 bits per heavy atom. The third-order valence-electron chi connectivity index (χ3n) is 4.70. The summed E-state index contributed by atoms with van der Waals surface area (Å²) in [6, 6.07) is 2.59. The van der Waals surface area contributed by atoms with Gasteiger partial charge < -0.3 is 30.0 Å². The number of aryl methyl sites for hydroxylation is 1. The number of benzene rings is 2. The summed E-state index contributed by atoms with van der Waals surface area (Å²) in [6.07, 6.45) is -9.83. The summed E-state index contributed by atoms with van der Waals surface area (Å²) in [6.45, 7) is 1.36. The first-order valence-electron chi connectivity index (χ1n) is 11.8. The second-order valence-electron chi connectivity index (χ2n) is 7.46. The number of alkyl halides is 6. The minimum Gasteiger partial charge on any atom is -0.490 e. The molecule has 1 heterocycles. The molecule has 0 fully saturated rings. The summed E-state index contributed by atoms with van der Waals surface area (Å²) < 4.78 is 145. The lowest BCUT2D eigenvalue weighted by atomic mass is 10.1. The summed E-state index contributed by atoms with van der Waals surface area (Å²) in [4.78, 5) is 28.3. The fraction of sp³-hybridized carbons (Fsp3) is 0.174. The lowest BCUT2D eigenvalue weighted by Gasteiger charge is -2.18. The van der Waals surface area contributed by atoms with Gasteiger partial charge in [0.2, 0.25) is 11.6 Å². The van der Waals surface area contributed by atoms with E-state index in [4.69, 9.17) is 14.6 Å². The van der Waals surface area contributed by atoms with Crippen LogP contribution in [0.4, 0.5) is 40.8 Å². The highest BCUT2D eigenvalue weighted by molar-refractivity contribution is 6.07. The molecule has 1 aromatic heterocycles. The highest BCUT2D eigenvalue weighted by Gasteiger charge is 2.36. The van der Waals surface area contributed by atoms with Crippen molar-refractivity contribution in [3.8, 4) is 28.7 Å². The van der Waals surface area contributed by atoms with Crippen molar-refractivity contribution in [3.05, 3.63) is 65.0 Å². The normalized spacial score (nSPS) is 13.0. The van der Waals surface area contributed by atoms with E-state index in [-0.39, 0.29) is 16.9 Å². The molecule has 3 rings (SSSR count). The van der Waals surface area contributed by atoms with Crippen LogP contribution in [0.15, 0.2) is 36.5 Å². The van der Waals surface area contributed by atoms with Crippen LogP contribution in [0.2, 0.25) is 0 Å². The third-order valence-corrected chi connectivity index (χ3v) is 4.70. The number of hydrogen-bond donors (Lipinski definition) is 2. The number of ether oxygens (including phenoxy) is 4. The van der Waals surface area contributed by atoms with Crippen LogP contribution in [0.1, 0.15) is 30.5 Å². The Labute approximate surface area is 222 Å². The summed E-state index contributed by atoms with van der Waals surface area (Å²) in [5.41, 5.74) is 3.32. The van der Waals surface area contributed by atoms with Crippen molar-refractivity contribution in [1.82, 2.24) is 4.98 Å². The first kappa shape index (κ1) is 25.4. The number of amides is 2. The van der Waals surface area contributed by atoms with Crippen molar-refractivity contribution in [2.45, 2.75) is 19.6 Å². The number of carbonyl (C=O) groups is 2. The number of rotatable bonds is 8. The largest absolute Gasteiger partial charge is 0.573 e. The Bertz CT molecular complexity index is 1570. The van der Waals surface area contributed by atoms with Gasteiger partial charge in [-0.15, -0.1) is 26.3 Å². The van der Waals surface area contributed by atoms with Gasteiger partial charge in [-0.2, -0.15) is 4.39 Å². The van der Waals surface area contributed by atoms with Gasteiger partial charge in [-0.1, -0.05) is 0 Å². The molecule has 0 spiro atoms. The number of anilines is 1. The van der Waals surface area contributed by atoms with Gasteiger partial charge in [0, 0.05) is 11.9 Å². The van der Waals surface area contributed by atoms with E-state index in [0.717, 1.165) is 12.3 Å². The molecule has 17 heteroatoms. The number of nitrogens with one attached hydrogen (secondary N) is 1. The number of hydrogen-bond acceptors (Lipinski definition) is 7. The zero-order chi connectivity index (χ0) is 32.5. The topological polar surface area (TPSA) is 122 Å². The zero-order valence-electron chi connectivity index (χ0n) is 22.5. The van der Waals surface area contributed by atoms with Crippen LogP contribution in [-0.2, 0) is 0 Å². The van der Waals surface area contributed by atoms with Crippen molar-refractivity contribution in [1.29, 1.82) is 0 Å². The lowest BCUT2D eigenvalue weighted by molar-refractivity contribution is -0.276. The number of methoxy groups -OCH3 is 1. The third kappa shape index (κ3) is 6.97. The fourth-order valence-corrected chi connectivity index (χ4v) is 3.04. The van der Waals surface area contributed by atoms with Gasteiger partial charge in [0.25, 0.3) is 11.8 Å². The molecule has 0 aliphatic rings. The fourth-order valence-electron chi connectivity index (χ4n) is 3.04. The van der Waals surface area contributed by atoms with Crippen LogP contribution in [0.5, 0.6) is 28.7 Å². The molecule has 9 nitrogen and oxygen atoms in total. The number of carbonyl (C=O) groups excluding carboxylic acids is 2. The molecule has 3 aromatic rings. The Morgan fingerprint density at radius 1 is 0.925 bits per heavy atom. The predicted molar refractivity (Wildman–Crippen MR) is 118 cm³/mol. The second kappa shape index (κ2) is 11.1. The highest BCUT2D eigenvalue weighted by Crippen LogP contribution is 2.42. The molecule has 214 valence electrons. The number of nitrogens with two attached hydrogens (primary N) is 1. The summed E-state index contributed by atoms with van der Waals surface area (Å²) >= 11 is 0. The quantitative estimate of drug-likeness (QED) is 0.330. The van der Waals surface area contributed by atoms with Gasteiger partial charge in [0.15, 0.2) is 23.1 Å². The van der Waals surface area contributed by atoms with E-state index in [1.807, 2.05) is 0 Å². The SMILES string of the molecule is [2H]C([2H])([2H])Oc1c(Oc2ccc(OC(F)(F)F)c(F)c2C(=O)Nc2cc(C(N)=O)ncc2C)ccc(OC(F)(F)F)c1F. The number of nitrogens with zero attached hydrogens (tertiary/aromatic N) is 1. The van der Waals surface area contributed by atoms with E-state index >= 15 is 4.39 Å². The molecule has 3 N–H and O–H groups in total. The monoisotopic (exact) mass is 584 g/mol. The average Bonchev–Trinajstić information content (AvgIpc) is 2.84. The van der Waals surface area contributed by atoms with Crippen molar-refractivity contribution in [2.75, 3.05) is 12.4 Å². The van der Waals surface area contributed by atoms with E-state index in [2.05, 4.69) is 24.5 Å². The first-order chi connectivity index (χ1) is 19.6. The van der Waals surface area contributed by atoms with Crippen molar-refractivity contribution < 1.29 is 67.8 Å². The van der Waals surface area contributed by atoms with E-state index in [9.17, 15) is 40.3 Å². The lowest BCUT2D eigenvalue weighted by Crippen LogP contribution is -2.21. The highest BCUT2D eigenvalue weighted by atomic mass is 19.4. The Balaban J connectivity index is 2.17. The van der Waals surface area contributed by atoms with Crippen molar-refractivity contribution in [2.24, 2.45) is 5.73 Å². The molecule has 0 saturated carbocycles. The number of halogens is 8. The first-order valence-corrected chi connectivity index (χ1v) is 10.3. The van der Waals surface area contributed by atoms with Crippen LogP contribution in [-0.4, -0.2) is 36.6 Å². The van der Waals surface area contributed by atoms with Crippen molar-refractivity contribution >= 4 is 17.5 Å². The minimum absolute atomic E-state index is 0.152. The van der Waals surface area contributed by atoms with Crippen LogP contribution in [0.25, 0.3) is 0 Å². The van der Waals surface area contributed by atoms with Gasteiger partial charge in [0.1, 0.15) is 17.0 Å². The Morgan fingerprint density at radius 3 is 2.02 bits per heavy atom. The van der Waals surface area contributed by atoms with Gasteiger partial charge in [-0.25, -0.2) is 4.39 Å². The maximum absolute atomic E-state index is 15.3. The van der Waals surface area contributed by atoms with Crippen LogP contribution in [0, 0.1) is 18.6 Å². The molecule has 0 aliphatic heterocycles. The summed E-state index contributed by atoms with van der Waals surface area (Å²) in [5, 5.41) is 2.09. The molecule has 0 unspecified atom stereocenters. The van der Waals surface area contributed by atoms with E-state index in [1.165, 1.54) is 6.92 Å². The van der Waals surface area contributed by atoms with Gasteiger partial charge in [0.05, 0.1) is 11.2 Å². The number of aromatic nitrogens is 1.